The fourth-order valence-electron chi connectivity index (χ4n) is 2.98. The number of amides is 2. The van der Waals surface area contributed by atoms with Crippen molar-refractivity contribution in [3.63, 3.8) is 0 Å². The lowest BCUT2D eigenvalue weighted by atomic mass is 10.2. The number of urea groups is 1. The first-order valence-corrected chi connectivity index (χ1v) is 10.1. The van der Waals surface area contributed by atoms with E-state index in [-0.39, 0.29) is 12.1 Å². The van der Waals surface area contributed by atoms with Gasteiger partial charge in [-0.05, 0) is 44.6 Å². The van der Waals surface area contributed by atoms with Gasteiger partial charge in [-0.15, -0.1) is 0 Å². The van der Waals surface area contributed by atoms with Crippen molar-refractivity contribution in [1.82, 2.24) is 9.80 Å². The van der Waals surface area contributed by atoms with Crippen LogP contribution in [0.15, 0.2) is 54.6 Å². The molecule has 0 aromatic heterocycles. The van der Waals surface area contributed by atoms with Gasteiger partial charge >= 0.3 is 6.03 Å². The zero-order valence-corrected chi connectivity index (χ0v) is 17.5. The molecule has 0 unspecified atom stereocenters. The number of benzene rings is 2. The second-order valence-electron chi connectivity index (χ2n) is 7.01. The lowest BCUT2D eigenvalue weighted by molar-refractivity contribution is 0.193. The van der Waals surface area contributed by atoms with E-state index in [1.165, 1.54) is 0 Å². The van der Waals surface area contributed by atoms with Crippen LogP contribution in [-0.2, 0) is 6.54 Å². The summed E-state index contributed by atoms with van der Waals surface area (Å²) in [7, 11) is 0. The number of likely N-dealkylation sites (N-methyl/N-ethyl adjacent to an activating group) is 1. The molecule has 0 aliphatic heterocycles. The summed E-state index contributed by atoms with van der Waals surface area (Å²) < 4.78 is 5.96. The highest BCUT2D eigenvalue weighted by atomic mass is 16.5. The molecule has 0 radical (unpaired) electrons. The molecule has 2 aromatic rings. The highest BCUT2D eigenvalue weighted by molar-refractivity contribution is 5.91. The van der Waals surface area contributed by atoms with E-state index in [1.54, 1.807) is 0 Å². The minimum Gasteiger partial charge on any atom is -0.490 e. The molecule has 2 aromatic carbocycles. The van der Waals surface area contributed by atoms with E-state index in [0.717, 1.165) is 25.2 Å². The molecule has 152 valence electrons. The topological polar surface area (TPSA) is 44.8 Å². The normalized spacial score (nSPS) is 10.9. The lowest BCUT2D eigenvalue weighted by Crippen LogP contribution is -2.39. The van der Waals surface area contributed by atoms with E-state index in [0.29, 0.717) is 24.6 Å². The average molecular weight is 384 g/mol. The van der Waals surface area contributed by atoms with Gasteiger partial charge in [0.05, 0.1) is 5.69 Å². The minimum atomic E-state index is -0.126. The van der Waals surface area contributed by atoms with Gasteiger partial charge in [0.1, 0.15) is 12.4 Å². The first-order valence-electron chi connectivity index (χ1n) is 10.1. The zero-order valence-electron chi connectivity index (χ0n) is 17.5. The fraction of sp³-hybridized carbons (Fsp3) is 0.435. The van der Waals surface area contributed by atoms with Crippen LogP contribution in [0.5, 0.6) is 5.75 Å². The Kier molecular flexibility index (Phi) is 8.82. The summed E-state index contributed by atoms with van der Waals surface area (Å²) >= 11 is 0. The molecule has 2 amide bonds. The van der Waals surface area contributed by atoms with Crippen LogP contribution in [0.4, 0.5) is 10.5 Å². The molecule has 0 aliphatic rings. The number of anilines is 1. The standard InChI is InChI=1S/C23H33N3O2/c1-5-25(6-2)16-17-28-22-15-11-10-14-21(22)24-23(27)26(19(3)4)18-20-12-8-7-9-13-20/h7-15,19H,5-6,16-18H2,1-4H3,(H,24,27). The van der Waals surface area contributed by atoms with E-state index in [4.69, 9.17) is 4.74 Å². The van der Waals surface area contributed by atoms with Gasteiger partial charge in [-0.2, -0.15) is 0 Å². The maximum Gasteiger partial charge on any atom is 0.322 e. The Morgan fingerprint density at radius 3 is 2.29 bits per heavy atom. The Hall–Kier alpha value is -2.53. The fourth-order valence-corrected chi connectivity index (χ4v) is 2.98. The van der Waals surface area contributed by atoms with E-state index >= 15 is 0 Å². The lowest BCUT2D eigenvalue weighted by Gasteiger charge is -2.27. The number of nitrogens with zero attached hydrogens (tertiary/aromatic N) is 2. The Balaban J connectivity index is 2.03. The van der Waals surface area contributed by atoms with E-state index in [1.807, 2.05) is 73.3 Å². The largest absolute Gasteiger partial charge is 0.490 e. The van der Waals surface area contributed by atoms with Crippen molar-refractivity contribution in [3.8, 4) is 5.75 Å². The predicted molar refractivity (Wildman–Crippen MR) is 116 cm³/mol. The van der Waals surface area contributed by atoms with Crippen LogP contribution in [0.25, 0.3) is 0 Å². The smallest absolute Gasteiger partial charge is 0.322 e. The van der Waals surface area contributed by atoms with Gasteiger partial charge in [-0.1, -0.05) is 56.3 Å². The first kappa shape index (κ1) is 21.8. The number of carbonyl (C=O) groups is 1. The molecule has 5 heteroatoms. The molecule has 0 aliphatic carbocycles. The maximum absolute atomic E-state index is 12.9. The molecule has 1 N–H and O–H groups in total. The average Bonchev–Trinajstić information content (AvgIpc) is 2.71. The number of hydrogen-bond acceptors (Lipinski definition) is 3. The SMILES string of the molecule is CCN(CC)CCOc1ccccc1NC(=O)N(Cc1ccccc1)C(C)C. The monoisotopic (exact) mass is 383 g/mol. The van der Waals surface area contributed by atoms with Crippen LogP contribution in [0.1, 0.15) is 33.3 Å². The number of para-hydroxylation sites is 2. The first-order chi connectivity index (χ1) is 13.5. The van der Waals surface area contributed by atoms with Crippen LogP contribution in [0.2, 0.25) is 0 Å². The Morgan fingerprint density at radius 1 is 1.00 bits per heavy atom. The molecule has 5 nitrogen and oxygen atoms in total. The van der Waals surface area contributed by atoms with Gasteiger partial charge in [0.2, 0.25) is 0 Å². The quantitative estimate of drug-likeness (QED) is 0.638. The van der Waals surface area contributed by atoms with Crippen molar-refractivity contribution >= 4 is 11.7 Å². The van der Waals surface area contributed by atoms with Crippen molar-refractivity contribution in [2.24, 2.45) is 0 Å². The summed E-state index contributed by atoms with van der Waals surface area (Å²) in [6.07, 6.45) is 0. The van der Waals surface area contributed by atoms with Gasteiger partial charge < -0.3 is 19.9 Å². The van der Waals surface area contributed by atoms with Crippen LogP contribution in [0.3, 0.4) is 0 Å². The summed E-state index contributed by atoms with van der Waals surface area (Å²) in [5.41, 5.74) is 1.81. The third kappa shape index (κ3) is 6.57. The van der Waals surface area contributed by atoms with Crippen LogP contribution >= 0.6 is 0 Å². The van der Waals surface area contributed by atoms with Crippen molar-refractivity contribution in [2.45, 2.75) is 40.3 Å². The molecular formula is C23H33N3O2. The Bertz CT molecular complexity index is 715. The third-order valence-electron chi connectivity index (χ3n) is 4.77. The van der Waals surface area contributed by atoms with Gasteiger partial charge in [0.25, 0.3) is 0 Å². The van der Waals surface area contributed by atoms with Gasteiger partial charge in [0.15, 0.2) is 0 Å². The van der Waals surface area contributed by atoms with Gasteiger partial charge in [-0.3, -0.25) is 0 Å². The molecule has 0 bridgehead atoms. The van der Waals surface area contributed by atoms with Crippen LogP contribution < -0.4 is 10.1 Å². The third-order valence-corrected chi connectivity index (χ3v) is 4.77. The Labute approximate surface area is 169 Å². The summed E-state index contributed by atoms with van der Waals surface area (Å²) in [5.74, 6) is 0.700. The van der Waals surface area contributed by atoms with Gasteiger partial charge in [-0.25, -0.2) is 4.79 Å². The van der Waals surface area contributed by atoms with Crippen molar-refractivity contribution in [1.29, 1.82) is 0 Å². The summed E-state index contributed by atoms with van der Waals surface area (Å²) in [4.78, 5) is 17.1. The molecule has 0 spiro atoms. The number of nitrogens with one attached hydrogen (secondary N) is 1. The summed E-state index contributed by atoms with van der Waals surface area (Å²) in [5, 5.41) is 3.03. The maximum atomic E-state index is 12.9. The van der Waals surface area contributed by atoms with Crippen molar-refractivity contribution in [3.05, 3.63) is 60.2 Å². The molecule has 0 saturated carbocycles. The van der Waals surface area contributed by atoms with Gasteiger partial charge in [0, 0.05) is 19.1 Å². The Morgan fingerprint density at radius 2 is 1.64 bits per heavy atom. The van der Waals surface area contributed by atoms with Crippen molar-refractivity contribution < 1.29 is 9.53 Å². The van der Waals surface area contributed by atoms with Crippen LogP contribution in [-0.4, -0.2) is 48.1 Å². The highest BCUT2D eigenvalue weighted by Crippen LogP contribution is 2.24. The van der Waals surface area contributed by atoms with E-state index < -0.39 is 0 Å². The zero-order chi connectivity index (χ0) is 20.4. The number of carbonyl (C=O) groups excluding carboxylic acids is 1. The molecule has 0 heterocycles. The molecule has 0 fully saturated rings. The van der Waals surface area contributed by atoms with Crippen LogP contribution in [0, 0.1) is 0 Å². The second kappa shape index (κ2) is 11.3. The second-order valence-corrected chi connectivity index (χ2v) is 7.01. The predicted octanol–water partition coefficient (Wildman–Crippen LogP) is 4.85. The highest BCUT2D eigenvalue weighted by Gasteiger charge is 2.18. The number of rotatable bonds is 10. The molecular weight excluding hydrogens is 350 g/mol. The molecule has 0 saturated heterocycles. The molecule has 0 atom stereocenters. The molecule has 28 heavy (non-hydrogen) atoms. The number of hydrogen-bond donors (Lipinski definition) is 1. The summed E-state index contributed by atoms with van der Waals surface area (Å²) in [6.45, 7) is 12.4. The van der Waals surface area contributed by atoms with Crippen molar-refractivity contribution in [2.75, 3.05) is 31.6 Å². The van der Waals surface area contributed by atoms with E-state index in [2.05, 4.69) is 24.1 Å². The summed E-state index contributed by atoms with van der Waals surface area (Å²) in [6, 6.07) is 17.6. The van der Waals surface area contributed by atoms with E-state index in [9.17, 15) is 4.79 Å². The minimum absolute atomic E-state index is 0.0796. The number of ether oxygens (including phenoxy) is 1. The molecule has 2 rings (SSSR count).